The van der Waals surface area contributed by atoms with Crippen LogP contribution in [0.3, 0.4) is 0 Å². The number of hydrogen-bond acceptors (Lipinski definition) is 2. The fraction of sp³-hybridized carbons (Fsp3) is 0.143. The molecule has 0 saturated heterocycles. The van der Waals surface area contributed by atoms with E-state index in [-0.39, 0.29) is 3.70 Å². The van der Waals surface area contributed by atoms with Crippen LogP contribution in [0.25, 0.3) is 0 Å². The monoisotopic (exact) mass is 298 g/mol. The molecule has 0 N–H and O–H groups in total. The van der Waals surface area contributed by atoms with Gasteiger partial charge in [-0.05, 0) is 28.7 Å². The van der Waals surface area contributed by atoms with E-state index in [1.54, 1.807) is 22.6 Å². The topological polar surface area (TPSA) is 36.7 Å². The van der Waals surface area contributed by atoms with Gasteiger partial charge >= 0.3 is 6.18 Å². The molecule has 2 nitrogen and oxygen atoms in total. The molecule has 6 heteroatoms. The molecule has 0 saturated carbocycles. The van der Waals surface area contributed by atoms with Gasteiger partial charge in [0.25, 0.3) is 0 Å². The summed E-state index contributed by atoms with van der Waals surface area (Å²) in [6, 6.07) is 2.29. The van der Waals surface area contributed by atoms with Crippen molar-refractivity contribution in [2.24, 2.45) is 0 Å². The number of nitrogens with zero attached hydrogens (tertiary/aromatic N) is 2. The van der Waals surface area contributed by atoms with E-state index >= 15 is 0 Å². The second-order valence-electron chi connectivity index (χ2n) is 2.16. The lowest BCUT2D eigenvalue weighted by molar-refractivity contribution is -0.137. The van der Waals surface area contributed by atoms with Crippen molar-refractivity contribution < 1.29 is 13.2 Å². The molecule has 1 aromatic rings. The average molecular weight is 298 g/mol. The second-order valence-corrected chi connectivity index (χ2v) is 3.27. The minimum atomic E-state index is -4.49. The quantitative estimate of drug-likeness (QED) is 0.545. The number of pyridine rings is 1. The third-order valence-corrected chi connectivity index (χ3v) is 1.89. The van der Waals surface area contributed by atoms with Gasteiger partial charge in [0, 0.05) is 6.20 Å². The molecule has 0 bridgehead atoms. The predicted octanol–water partition coefficient (Wildman–Crippen LogP) is 2.58. The number of nitriles is 1. The van der Waals surface area contributed by atoms with Crippen molar-refractivity contribution in [3.8, 4) is 6.07 Å². The largest absolute Gasteiger partial charge is 0.417 e. The smallest absolute Gasteiger partial charge is 0.249 e. The number of alkyl halides is 3. The molecule has 0 aliphatic carbocycles. The van der Waals surface area contributed by atoms with Crippen LogP contribution in [-0.4, -0.2) is 4.98 Å². The minimum absolute atomic E-state index is 0.212. The van der Waals surface area contributed by atoms with Crippen LogP contribution in [-0.2, 0) is 6.18 Å². The Morgan fingerprint density at radius 1 is 1.46 bits per heavy atom. The van der Waals surface area contributed by atoms with Gasteiger partial charge in [0.15, 0.2) is 0 Å². The summed E-state index contributed by atoms with van der Waals surface area (Å²) in [6.45, 7) is 0. The highest BCUT2D eigenvalue weighted by Gasteiger charge is 2.33. The molecule has 0 aliphatic heterocycles. The highest BCUT2D eigenvalue weighted by Crippen LogP contribution is 2.31. The van der Waals surface area contributed by atoms with Gasteiger partial charge in [0.1, 0.15) is 9.77 Å². The van der Waals surface area contributed by atoms with Crippen LogP contribution in [0.4, 0.5) is 13.2 Å². The first kappa shape index (κ1) is 10.2. The van der Waals surface area contributed by atoms with Crippen molar-refractivity contribution in [3.05, 3.63) is 27.1 Å². The van der Waals surface area contributed by atoms with Gasteiger partial charge in [-0.25, -0.2) is 4.98 Å². The third-order valence-electron chi connectivity index (χ3n) is 1.30. The van der Waals surface area contributed by atoms with Crippen LogP contribution >= 0.6 is 22.6 Å². The highest BCUT2D eigenvalue weighted by atomic mass is 127. The molecule has 0 aromatic carbocycles. The van der Waals surface area contributed by atoms with E-state index in [2.05, 4.69) is 4.98 Å². The summed E-state index contributed by atoms with van der Waals surface area (Å²) >= 11 is 1.66. The summed E-state index contributed by atoms with van der Waals surface area (Å²) in [4.78, 5) is 3.59. The lowest BCUT2D eigenvalue weighted by Gasteiger charge is -2.07. The number of hydrogen-bond donors (Lipinski definition) is 0. The fourth-order valence-electron chi connectivity index (χ4n) is 0.754. The zero-order valence-electron chi connectivity index (χ0n) is 6.06. The first-order chi connectivity index (χ1) is 5.95. The van der Waals surface area contributed by atoms with Gasteiger partial charge in [-0.3, -0.25) is 0 Å². The van der Waals surface area contributed by atoms with E-state index in [1.165, 1.54) is 6.07 Å². The molecule has 1 rings (SSSR count). The Morgan fingerprint density at radius 3 is 2.54 bits per heavy atom. The van der Waals surface area contributed by atoms with E-state index in [4.69, 9.17) is 5.26 Å². The van der Waals surface area contributed by atoms with Crippen molar-refractivity contribution in [1.82, 2.24) is 4.98 Å². The van der Waals surface area contributed by atoms with Gasteiger partial charge in [-0.2, -0.15) is 18.4 Å². The van der Waals surface area contributed by atoms with Crippen LogP contribution in [0.15, 0.2) is 12.3 Å². The zero-order chi connectivity index (χ0) is 10.1. The first-order valence-corrected chi connectivity index (χ1v) is 4.16. The van der Waals surface area contributed by atoms with E-state index in [1.807, 2.05) is 0 Å². The van der Waals surface area contributed by atoms with Crippen LogP contribution in [0, 0.1) is 15.0 Å². The molecular weight excluding hydrogens is 296 g/mol. The molecule has 13 heavy (non-hydrogen) atoms. The molecule has 0 atom stereocenters. The molecule has 0 aliphatic rings. The van der Waals surface area contributed by atoms with Gasteiger partial charge in [0.05, 0.1) is 11.1 Å². The van der Waals surface area contributed by atoms with Crippen molar-refractivity contribution in [2.75, 3.05) is 0 Å². The molecule has 0 unspecified atom stereocenters. The Bertz CT molecular complexity index is 367. The zero-order valence-corrected chi connectivity index (χ0v) is 8.22. The van der Waals surface area contributed by atoms with E-state index in [9.17, 15) is 13.2 Å². The molecular formula is C7H2F3IN2. The summed E-state index contributed by atoms with van der Waals surface area (Å²) in [5.41, 5.74) is -1.39. The van der Waals surface area contributed by atoms with Gasteiger partial charge in [-0.1, -0.05) is 0 Å². The van der Waals surface area contributed by atoms with Crippen LogP contribution in [0.2, 0.25) is 0 Å². The first-order valence-electron chi connectivity index (χ1n) is 3.08. The Kier molecular flexibility index (Phi) is 2.75. The molecule has 0 fully saturated rings. The average Bonchev–Trinajstić information content (AvgIpc) is 2.03. The fourth-order valence-corrected chi connectivity index (χ4v) is 1.20. The molecule has 0 radical (unpaired) electrons. The minimum Gasteiger partial charge on any atom is -0.249 e. The maximum Gasteiger partial charge on any atom is 0.417 e. The van der Waals surface area contributed by atoms with Crippen molar-refractivity contribution >= 4 is 22.6 Å². The highest BCUT2D eigenvalue weighted by molar-refractivity contribution is 14.1. The van der Waals surface area contributed by atoms with Gasteiger partial charge < -0.3 is 0 Å². The summed E-state index contributed by atoms with van der Waals surface area (Å²) in [7, 11) is 0. The van der Waals surface area contributed by atoms with E-state index in [0.717, 1.165) is 12.3 Å². The van der Waals surface area contributed by atoms with Crippen molar-refractivity contribution in [2.45, 2.75) is 6.18 Å². The normalized spacial score (nSPS) is 11.0. The second kappa shape index (κ2) is 3.49. The molecule has 0 spiro atoms. The van der Waals surface area contributed by atoms with Crippen LogP contribution < -0.4 is 0 Å². The Morgan fingerprint density at radius 2 is 2.08 bits per heavy atom. The summed E-state index contributed by atoms with van der Waals surface area (Å²) in [6.07, 6.45) is -3.57. The van der Waals surface area contributed by atoms with Crippen LogP contribution in [0.1, 0.15) is 11.1 Å². The van der Waals surface area contributed by atoms with Crippen molar-refractivity contribution in [3.63, 3.8) is 0 Å². The van der Waals surface area contributed by atoms with E-state index < -0.39 is 17.3 Å². The van der Waals surface area contributed by atoms with Crippen molar-refractivity contribution in [1.29, 1.82) is 5.26 Å². The maximum atomic E-state index is 12.2. The summed E-state index contributed by atoms with van der Waals surface area (Å²) in [5, 5.41) is 8.38. The summed E-state index contributed by atoms with van der Waals surface area (Å²) in [5.74, 6) is 0. The van der Waals surface area contributed by atoms with E-state index in [0.29, 0.717) is 0 Å². The SMILES string of the molecule is N#Cc1cnc(I)cc1C(F)(F)F. The Hall–Kier alpha value is -0.840. The molecule has 68 valence electrons. The Labute approximate surface area is 85.5 Å². The predicted molar refractivity (Wildman–Crippen MR) is 46.7 cm³/mol. The number of halogens is 4. The molecule has 0 amide bonds. The standard InChI is InChI=1S/C7H2F3IN2/c8-7(9,10)5-1-6(11)13-3-4(5)2-12/h1,3H. The van der Waals surface area contributed by atoms with Crippen LogP contribution in [0.5, 0.6) is 0 Å². The lowest BCUT2D eigenvalue weighted by Crippen LogP contribution is -2.08. The number of rotatable bonds is 0. The number of aromatic nitrogens is 1. The summed E-state index contributed by atoms with van der Waals surface area (Å²) < 4.78 is 36.9. The molecule has 1 aromatic heterocycles. The van der Waals surface area contributed by atoms with Gasteiger partial charge in [0.2, 0.25) is 0 Å². The van der Waals surface area contributed by atoms with Gasteiger partial charge in [-0.15, -0.1) is 0 Å². The third kappa shape index (κ3) is 2.30. The molecule has 1 heterocycles. The Balaban J connectivity index is 3.35. The maximum absolute atomic E-state index is 12.2. The lowest BCUT2D eigenvalue weighted by atomic mass is 10.1.